The fourth-order valence-electron chi connectivity index (χ4n) is 1.43. The Kier molecular flexibility index (Phi) is 7.82. The summed E-state index contributed by atoms with van der Waals surface area (Å²) in [6.45, 7) is 0. The highest BCUT2D eigenvalue weighted by molar-refractivity contribution is 14.1. The number of hydrogen-bond donors (Lipinski definition) is 0. The Hall–Kier alpha value is -0.280. The predicted molar refractivity (Wildman–Crippen MR) is 70.3 cm³/mol. The normalized spacial score (nSPS) is 18.2. The molecule has 1 unspecified atom stereocenters. The van der Waals surface area contributed by atoms with Crippen LogP contribution in [0.1, 0.15) is 0 Å². The van der Waals surface area contributed by atoms with Crippen molar-refractivity contribution in [2.24, 2.45) is 0 Å². The van der Waals surface area contributed by atoms with Gasteiger partial charge in [-0.05, 0) is 0 Å². The zero-order chi connectivity index (χ0) is 25.9. The molecule has 0 heterocycles. The summed E-state index contributed by atoms with van der Waals surface area (Å²) < 4.78 is 232. The van der Waals surface area contributed by atoms with Crippen LogP contribution in [0.3, 0.4) is 0 Å². The average molecular weight is 642 g/mol. The maximum Gasteiger partial charge on any atom is 0.460 e. The molecular formula is C10H2ClF18IO. The molecule has 21 heteroatoms. The van der Waals surface area contributed by atoms with Crippen molar-refractivity contribution in [1.82, 2.24) is 0 Å². The summed E-state index contributed by atoms with van der Waals surface area (Å²) in [6, 6.07) is 0. The van der Waals surface area contributed by atoms with Gasteiger partial charge in [0.1, 0.15) is 0 Å². The highest BCUT2D eigenvalue weighted by Gasteiger charge is 2.95. The number of hydrogen-bond acceptors (Lipinski definition) is 1. The number of ether oxygens (including phenoxy) is 1. The summed E-state index contributed by atoms with van der Waals surface area (Å²) in [5.74, 6) is -51.1. The molecule has 31 heavy (non-hydrogen) atoms. The summed E-state index contributed by atoms with van der Waals surface area (Å²) in [7, 11) is 0. The van der Waals surface area contributed by atoms with E-state index in [1.54, 1.807) is 0 Å². The summed E-state index contributed by atoms with van der Waals surface area (Å²) >= 11 is 4.93. The smallest absolute Gasteiger partial charge is 0.263 e. The average Bonchev–Trinajstić information content (AvgIpc) is 2.51. The maximum absolute atomic E-state index is 13.3. The van der Waals surface area contributed by atoms with Gasteiger partial charge in [-0.3, -0.25) is 4.74 Å². The third kappa shape index (κ3) is 4.44. The second kappa shape index (κ2) is 7.90. The summed E-state index contributed by atoms with van der Waals surface area (Å²) in [4.78, 5) is 0. The summed E-state index contributed by atoms with van der Waals surface area (Å²) in [5, 5.41) is -4.59. The van der Waals surface area contributed by atoms with Crippen LogP contribution in [0.15, 0.2) is 0 Å². The molecule has 0 aliphatic heterocycles. The van der Waals surface area contributed by atoms with Gasteiger partial charge in [-0.1, -0.05) is 34.2 Å². The van der Waals surface area contributed by atoms with Crippen LogP contribution in [0.5, 0.6) is 0 Å². The molecule has 0 fully saturated rings. The molecule has 0 rings (SSSR count). The van der Waals surface area contributed by atoms with Crippen LogP contribution in [0, 0.1) is 0 Å². The van der Waals surface area contributed by atoms with E-state index in [2.05, 4.69) is 16.3 Å². The van der Waals surface area contributed by atoms with Crippen LogP contribution in [-0.2, 0) is 4.74 Å². The van der Waals surface area contributed by atoms with Gasteiger partial charge in [-0.15, -0.1) is 0 Å². The van der Waals surface area contributed by atoms with Crippen molar-refractivity contribution in [2.45, 2.75) is 53.1 Å². The van der Waals surface area contributed by atoms with E-state index >= 15 is 0 Å². The van der Waals surface area contributed by atoms with Crippen LogP contribution in [0.2, 0.25) is 0 Å². The van der Waals surface area contributed by atoms with E-state index in [9.17, 15) is 79.0 Å². The first-order valence-corrected chi connectivity index (χ1v) is 8.27. The first-order valence-electron chi connectivity index (χ1n) is 6.37. The summed E-state index contributed by atoms with van der Waals surface area (Å²) in [6.07, 6.45) is -15.2. The van der Waals surface area contributed by atoms with Gasteiger partial charge in [-0.25, -0.2) is 0 Å². The Morgan fingerprint density at radius 2 is 0.742 bits per heavy atom. The largest absolute Gasteiger partial charge is 0.460 e. The Labute approximate surface area is 176 Å². The monoisotopic (exact) mass is 642 g/mol. The van der Waals surface area contributed by atoms with Crippen LogP contribution < -0.4 is 0 Å². The van der Waals surface area contributed by atoms with Gasteiger partial charge in [0.2, 0.25) is 0 Å². The lowest BCUT2D eigenvalue weighted by atomic mass is 9.90. The van der Waals surface area contributed by atoms with Crippen molar-refractivity contribution in [3.8, 4) is 0 Å². The molecule has 0 aromatic heterocycles. The number of halogens is 20. The van der Waals surface area contributed by atoms with Gasteiger partial charge >= 0.3 is 47.8 Å². The summed E-state index contributed by atoms with van der Waals surface area (Å²) in [5.41, 5.74) is 0. The molecule has 0 N–H and O–H groups in total. The van der Waals surface area contributed by atoms with E-state index in [4.69, 9.17) is 0 Å². The van der Waals surface area contributed by atoms with E-state index in [-0.39, 0.29) is 0 Å². The minimum absolute atomic E-state index is 0.620. The van der Waals surface area contributed by atoms with Gasteiger partial charge in [0.05, 0.1) is 4.43 Å². The standard InChI is InChI=1S/C10H2ClF18IO/c11-2(12,1-30)31-10(28,29)8(23,24)6(19,20)4(15,16)3(13,14)5(17,18)7(21,22)9(25,26)27/h1H2. The molecule has 0 bridgehead atoms. The first kappa shape index (κ1) is 30.7. The SMILES string of the molecule is FC(Cl)(CI)OC(F)(F)C(F)(F)C(F)(F)C(F)(F)C(F)(F)C(F)(F)C(F)(F)C(F)(F)F. The molecule has 0 amide bonds. The van der Waals surface area contributed by atoms with Gasteiger partial charge in [0, 0.05) is 0 Å². The van der Waals surface area contributed by atoms with Gasteiger partial charge in [0.15, 0.2) is 0 Å². The van der Waals surface area contributed by atoms with Crippen molar-refractivity contribution < 1.29 is 83.8 Å². The van der Waals surface area contributed by atoms with Crippen molar-refractivity contribution in [3.05, 3.63) is 0 Å². The third-order valence-electron chi connectivity index (χ3n) is 3.13. The quantitative estimate of drug-likeness (QED) is 0.146. The minimum Gasteiger partial charge on any atom is -0.263 e. The van der Waals surface area contributed by atoms with E-state index in [0.29, 0.717) is 22.6 Å². The Morgan fingerprint density at radius 1 is 0.484 bits per heavy atom. The molecule has 0 spiro atoms. The maximum atomic E-state index is 13.3. The van der Waals surface area contributed by atoms with E-state index < -0.39 is 57.6 Å². The van der Waals surface area contributed by atoms with Crippen molar-refractivity contribution in [1.29, 1.82) is 0 Å². The van der Waals surface area contributed by atoms with Crippen LogP contribution >= 0.6 is 34.2 Å². The van der Waals surface area contributed by atoms with Crippen LogP contribution in [0.4, 0.5) is 79.0 Å². The lowest BCUT2D eigenvalue weighted by Crippen LogP contribution is -2.74. The molecule has 0 aliphatic carbocycles. The van der Waals surface area contributed by atoms with E-state index in [0.717, 1.165) is 0 Å². The molecule has 0 saturated heterocycles. The van der Waals surface area contributed by atoms with E-state index in [1.165, 1.54) is 0 Å². The number of alkyl halides is 20. The first-order chi connectivity index (χ1) is 13.0. The molecular weight excluding hydrogens is 640 g/mol. The zero-order valence-electron chi connectivity index (χ0n) is 13.2. The molecule has 0 aromatic carbocycles. The Bertz CT molecular complexity index is 654. The third-order valence-corrected chi connectivity index (χ3v) is 4.77. The second-order valence-corrected chi connectivity index (χ2v) is 6.66. The molecule has 1 nitrogen and oxygen atoms in total. The van der Waals surface area contributed by atoms with E-state index in [1.807, 2.05) is 0 Å². The van der Waals surface area contributed by atoms with Crippen molar-refractivity contribution >= 4 is 34.2 Å². The molecule has 0 aromatic rings. The highest BCUT2D eigenvalue weighted by atomic mass is 127. The molecule has 0 radical (unpaired) electrons. The van der Waals surface area contributed by atoms with Gasteiger partial charge in [-0.2, -0.15) is 79.0 Å². The fourth-order valence-corrected chi connectivity index (χ4v) is 1.68. The lowest BCUT2D eigenvalue weighted by molar-refractivity contribution is -0.484. The van der Waals surface area contributed by atoms with Crippen molar-refractivity contribution in [3.63, 3.8) is 0 Å². The molecule has 1 atom stereocenters. The Morgan fingerprint density at radius 3 is 1.00 bits per heavy atom. The Balaban J connectivity index is 6.70. The fraction of sp³-hybridized carbons (Fsp3) is 1.00. The van der Waals surface area contributed by atoms with Crippen LogP contribution in [0.25, 0.3) is 0 Å². The lowest BCUT2D eigenvalue weighted by Gasteiger charge is -2.42. The minimum atomic E-state index is -8.76. The van der Waals surface area contributed by atoms with Gasteiger partial charge < -0.3 is 0 Å². The highest BCUT2D eigenvalue weighted by Crippen LogP contribution is 2.64. The molecule has 188 valence electrons. The van der Waals surface area contributed by atoms with Gasteiger partial charge in [0.25, 0.3) is 5.31 Å². The zero-order valence-corrected chi connectivity index (χ0v) is 16.1. The predicted octanol–water partition coefficient (Wildman–Crippen LogP) is 7.27. The topological polar surface area (TPSA) is 9.23 Å². The molecule has 0 aliphatic rings. The van der Waals surface area contributed by atoms with Crippen LogP contribution in [-0.4, -0.2) is 57.6 Å². The second-order valence-electron chi connectivity index (χ2n) is 5.33. The number of rotatable bonds is 9. The van der Waals surface area contributed by atoms with Crippen molar-refractivity contribution in [2.75, 3.05) is 4.43 Å². The molecule has 0 saturated carbocycles.